The van der Waals surface area contributed by atoms with Gasteiger partial charge in [-0.25, -0.2) is 0 Å². The minimum Gasteiger partial charge on any atom is -0.327 e. The van der Waals surface area contributed by atoms with Gasteiger partial charge in [0, 0.05) is 17.6 Å². The molecule has 2 saturated carbocycles. The molecule has 0 aliphatic heterocycles. The van der Waals surface area contributed by atoms with Gasteiger partial charge in [0.15, 0.2) is 0 Å². The lowest BCUT2D eigenvalue weighted by Gasteiger charge is -2.43. The normalized spacial score (nSPS) is 29.0. The maximum Gasteiger partial charge on any atom is 0.227 e. The van der Waals surface area contributed by atoms with Gasteiger partial charge in [0.25, 0.3) is 0 Å². The van der Waals surface area contributed by atoms with Crippen LogP contribution in [0.3, 0.4) is 0 Å². The number of rotatable bonds is 3. The van der Waals surface area contributed by atoms with Crippen LogP contribution in [0.1, 0.15) is 63.0 Å². The van der Waals surface area contributed by atoms with E-state index in [-0.39, 0.29) is 24.2 Å². The Morgan fingerprint density at radius 3 is 2.42 bits per heavy atom. The third kappa shape index (κ3) is 3.78. The minimum atomic E-state index is 0. The van der Waals surface area contributed by atoms with E-state index >= 15 is 0 Å². The van der Waals surface area contributed by atoms with Crippen molar-refractivity contribution in [1.82, 2.24) is 0 Å². The maximum atomic E-state index is 12.9. The third-order valence-electron chi connectivity index (χ3n) is 5.96. The first kappa shape index (κ1) is 19.3. The molecule has 0 spiro atoms. The fraction of sp³-hybridized carbons (Fsp3) is 0.650. The van der Waals surface area contributed by atoms with Gasteiger partial charge in [-0.05, 0) is 61.5 Å². The Labute approximate surface area is 152 Å². The Bertz CT molecular complexity index is 573. The number of amides is 1. The van der Waals surface area contributed by atoms with E-state index in [1.807, 2.05) is 0 Å². The molecule has 3 nitrogen and oxygen atoms in total. The number of nitrogens with two attached hydrogens (primary N) is 1. The summed E-state index contributed by atoms with van der Waals surface area (Å²) in [7, 11) is 0. The number of carbonyl (C=O) groups excluding carboxylic acids is 1. The number of hydrogen-bond donors (Lipinski definition) is 2. The lowest BCUT2D eigenvalue weighted by molar-refractivity contribution is -0.122. The molecular formula is C20H31ClN2O. The number of anilines is 1. The number of nitrogens with one attached hydrogen (secondary N) is 1. The average molecular weight is 351 g/mol. The number of hydrogen-bond acceptors (Lipinski definition) is 2. The molecule has 2 aliphatic rings. The highest BCUT2D eigenvalue weighted by Crippen LogP contribution is 2.42. The first-order valence-corrected chi connectivity index (χ1v) is 9.13. The molecule has 2 unspecified atom stereocenters. The summed E-state index contributed by atoms with van der Waals surface area (Å²) < 4.78 is 0. The smallest absolute Gasteiger partial charge is 0.227 e. The molecule has 1 aromatic carbocycles. The van der Waals surface area contributed by atoms with Gasteiger partial charge in [0.1, 0.15) is 0 Å². The lowest BCUT2D eigenvalue weighted by Crippen LogP contribution is -2.48. The van der Waals surface area contributed by atoms with Crippen molar-refractivity contribution < 1.29 is 4.79 Å². The predicted molar refractivity (Wildman–Crippen MR) is 103 cm³/mol. The third-order valence-corrected chi connectivity index (χ3v) is 5.96. The van der Waals surface area contributed by atoms with Gasteiger partial charge < -0.3 is 11.1 Å². The second-order valence-corrected chi connectivity index (χ2v) is 7.88. The van der Waals surface area contributed by atoms with E-state index in [4.69, 9.17) is 5.73 Å². The maximum absolute atomic E-state index is 12.9. The molecule has 1 aromatic rings. The van der Waals surface area contributed by atoms with E-state index in [9.17, 15) is 4.79 Å². The highest BCUT2D eigenvalue weighted by atomic mass is 35.5. The van der Waals surface area contributed by atoms with Crippen LogP contribution in [0.25, 0.3) is 0 Å². The van der Waals surface area contributed by atoms with Crippen molar-refractivity contribution in [2.45, 2.75) is 64.8 Å². The van der Waals surface area contributed by atoms with Gasteiger partial charge in [-0.15, -0.1) is 12.4 Å². The molecule has 2 bridgehead atoms. The van der Waals surface area contributed by atoms with Crippen molar-refractivity contribution >= 4 is 24.0 Å². The molecule has 0 radical (unpaired) electrons. The number of fused-ring (bicyclic) bond motifs is 2. The SMILES string of the molecule is Cc1cccc(C(C)C)c1NC(=O)C1CC2CCCC(C1)C2N.Cl. The summed E-state index contributed by atoms with van der Waals surface area (Å²) in [6.07, 6.45) is 5.61. The molecular weight excluding hydrogens is 320 g/mol. The predicted octanol–water partition coefficient (Wildman–Crippen LogP) is 4.63. The molecule has 2 aliphatic carbocycles. The van der Waals surface area contributed by atoms with E-state index in [0.717, 1.165) is 24.1 Å². The van der Waals surface area contributed by atoms with Crippen LogP contribution in [0.15, 0.2) is 18.2 Å². The van der Waals surface area contributed by atoms with Crippen LogP contribution in [0.4, 0.5) is 5.69 Å². The first-order valence-electron chi connectivity index (χ1n) is 9.13. The van der Waals surface area contributed by atoms with Gasteiger partial charge >= 0.3 is 0 Å². The zero-order valence-electron chi connectivity index (χ0n) is 15.0. The van der Waals surface area contributed by atoms with Crippen LogP contribution < -0.4 is 11.1 Å². The molecule has 0 saturated heterocycles. The van der Waals surface area contributed by atoms with Crippen LogP contribution in [-0.2, 0) is 4.79 Å². The zero-order valence-corrected chi connectivity index (χ0v) is 15.9. The molecule has 2 fully saturated rings. The van der Waals surface area contributed by atoms with Crippen molar-refractivity contribution in [3.8, 4) is 0 Å². The molecule has 0 heterocycles. The van der Waals surface area contributed by atoms with E-state index in [1.54, 1.807) is 0 Å². The molecule has 2 atom stereocenters. The van der Waals surface area contributed by atoms with Crippen molar-refractivity contribution in [2.24, 2.45) is 23.5 Å². The van der Waals surface area contributed by atoms with E-state index < -0.39 is 0 Å². The molecule has 134 valence electrons. The van der Waals surface area contributed by atoms with Crippen molar-refractivity contribution in [3.63, 3.8) is 0 Å². The number of benzene rings is 1. The quantitative estimate of drug-likeness (QED) is 0.834. The molecule has 0 aromatic heterocycles. The highest BCUT2D eigenvalue weighted by molar-refractivity contribution is 5.94. The Balaban J connectivity index is 0.00000208. The van der Waals surface area contributed by atoms with Gasteiger partial charge in [-0.2, -0.15) is 0 Å². The summed E-state index contributed by atoms with van der Waals surface area (Å²) in [5.74, 6) is 1.82. The number of aryl methyl sites for hydroxylation is 1. The lowest BCUT2D eigenvalue weighted by atomic mass is 9.65. The topological polar surface area (TPSA) is 55.1 Å². The Kier molecular flexibility index (Phi) is 6.33. The summed E-state index contributed by atoms with van der Waals surface area (Å²) in [5.41, 5.74) is 9.75. The zero-order chi connectivity index (χ0) is 16.6. The van der Waals surface area contributed by atoms with Crippen LogP contribution in [-0.4, -0.2) is 11.9 Å². The van der Waals surface area contributed by atoms with Gasteiger partial charge in [0.2, 0.25) is 5.91 Å². The number of halogens is 1. The summed E-state index contributed by atoms with van der Waals surface area (Å²) in [5, 5.41) is 3.25. The van der Waals surface area contributed by atoms with Gasteiger partial charge in [-0.1, -0.05) is 38.5 Å². The Hall–Kier alpha value is -1.06. The number of para-hydroxylation sites is 1. The van der Waals surface area contributed by atoms with Crippen LogP contribution in [0.5, 0.6) is 0 Å². The summed E-state index contributed by atoms with van der Waals surface area (Å²) in [6, 6.07) is 6.59. The summed E-state index contributed by atoms with van der Waals surface area (Å²) >= 11 is 0. The molecule has 3 rings (SSSR count). The molecule has 1 amide bonds. The summed E-state index contributed by atoms with van der Waals surface area (Å²) in [6.45, 7) is 6.43. The van der Waals surface area contributed by atoms with Crippen molar-refractivity contribution in [2.75, 3.05) is 5.32 Å². The largest absolute Gasteiger partial charge is 0.327 e. The standard InChI is InChI=1S/C20H30N2O.ClH/c1-12(2)17-9-4-6-13(3)19(17)22-20(23)16-10-14-7-5-8-15(11-16)18(14)21;/h4,6,9,12,14-16,18H,5,7-8,10-11,21H2,1-3H3,(H,22,23);1H. The van der Waals surface area contributed by atoms with Gasteiger partial charge in [0.05, 0.1) is 0 Å². The monoisotopic (exact) mass is 350 g/mol. The van der Waals surface area contributed by atoms with Crippen molar-refractivity contribution in [3.05, 3.63) is 29.3 Å². The Morgan fingerprint density at radius 2 is 1.83 bits per heavy atom. The van der Waals surface area contributed by atoms with Crippen LogP contribution in [0, 0.1) is 24.7 Å². The fourth-order valence-electron chi connectivity index (χ4n) is 4.57. The van der Waals surface area contributed by atoms with E-state index in [1.165, 1.54) is 24.8 Å². The summed E-state index contributed by atoms with van der Waals surface area (Å²) in [4.78, 5) is 12.9. The van der Waals surface area contributed by atoms with Gasteiger partial charge in [-0.3, -0.25) is 4.79 Å². The molecule has 4 heteroatoms. The molecule has 24 heavy (non-hydrogen) atoms. The molecule has 3 N–H and O–H groups in total. The average Bonchev–Trinajstić information content (AvgIpc) is 2.48. The van der Waals surface area contributed by atoms with Crippen LogP contribution >= 0.6 is 12.4 Å². The van der Waals surface area contributed by atoms with E-state index in [0.29, 0.717) is 23.8 Å². The van der Waals surface area contributed by atoms with Crippen molar-refractivity contribution in [1.29, 1.82) is 0 Å². The Morgan fingerprint density at radius 1 is 1.21 bits per heavy atom. The second kappa shape index (κ2) is 7.88. The minimum absolute atomic E-state index is 0. The second-order valence-electron chi connectivity index (χ2n) is 7.88. The van der Waals surface area contributed by atoms with Crippen LogP contribution in [0.2, 0.25) is 0 Å². The fourth-order valence-corrected chi connectivity index (χ4v) is 4.57. The highest BCUT2D eigenvalue weighted by Gasteiger charge is 2.40. The van der Waals surface area contributed by atoms with E-state index in [2.05, 4.69) is 44.3 Å². The number of carbonyl (C=O) groups is 1. The first-order chi connectivity index (χ1) is 11.0.